The number of anilines is 1. The fourth-order valence-electron chi connectivity index (χ4n) is 2.59. The first-order valence-electron chi connectivity index (χ1n) is 6.89. The number of nitrogens with zero attached hydrogens (tertiary/aromatic N) is 4. The van der Waals surface area contributed by atoms with Gasteiger partial charge in [0.2, 0.25) is 5.91 Å². The lowest BCUT2D eigenvalue weighted by molar-refractivity contribution is -0.116. The SMILES string of the molecule is COCCN(C(C)=O)c1nc2c(s1)CCc1c-2cnn1C. The van der Waals surface area contributed by atoms with Gasteiger partial charge in [0, 0.05) is 37.2 Å². The molecular weight excluding hydrogens is 288 g/mol. The van der Waals surface area contributed by atoms with Gasteiger partial charge in [-0.15, -0.1) is 11.3 Å². The fraction of sp³-hybridized carbons (Fsp3) is 0.500. The van der Waals surface area contributed by atoms with Crippen LogP contribution < -0.4 is 4.90 Å². The van der Waals surface area contributed by atoms with Crippen molar-refractivity contribution in [2.45, 2.75) is 19.8 Å². The Bertz CT molecular complexity index is 677. The number of amides is 1. The van der Waals surface area contributed by atoms with E-state index < -0.39 is 0 Å². The van der Waals surface area contributed by atoms with Crippen molar-refractivity contribution in [3.63, 3.8) is 0 Å². The molecule has 0 saturated heterocycles. The number of hydrogen-bond donors (Lipinski definition) is 0. The molecule has 0 N–H and O–H groups in total. The highest BCUT2D eigenvalue weighted by atomic mass is 32.1. The van der Waals surface area contributed by atoms with E-state index in [1.54, 1.807) is 30.3 Å². The standard InChI is InChI=1S/C14H18N4O2S/c1-9(19)18(6-7-20-3)14-16-13-10-8-15-17(2)11(10)4-5-12(13)21-14/h8H,4-7H2,1-3H3. The average molecular weight is 306 g/mol. The number of fused-ring (bicyclic) bond motifs is 3. The van der Waals surface area contributed by atoms with Crippen molar-refractivity contribution in [3.05, 3.63) is 16.8 Å². The van der Waals surface area contributed by atoms with E-state index in [9.17, 15) is 4.79 Å². The van der Waals surface area contributed by atoms with Gasteiger partial charge < -0.3 is 4.74 Å². The molecule has 21 heavy (non-hydrogen) atoms. The summed E-state index contributed by atoms with van der Waals surface area (Å²) in [5.41, 5.74) is 3.29. The Morgan fingerprint density at radius 2 is 2.33 bits per heavy atom. The van der Waals surface area contributed by atoms with Crippen LogP contribution in [-0.4, -0.2) is 40.9 Å². The Balaban J connectivity index is 1.97. The summed E-state index contributed by atoms with van der Waals surface area (Å²) < 4.78 is 6.98. The minimum absolute atomic E-state index is 0.00967. The highest BCUT2D eigenvalue weighted by Gasteiger charge is 2.26. The number of carbonyl (C=O) groups excluding carboxylic acids is 1. The molecule has 0 aromatic carbocycles. The van der Waals surface area contributed by atoms with E-state index in [-0.39, 0.29) is 5.91 Å². The molecule has 7 heteroatoms. The molecule has 1 aliphatic carbocycles. The maximum absolute atomic E-state index is 11.8. The van der Waals surface area contributed by atoms with E-state index in [1.165, 1.54) is 10.6 Å². The van der Waals surface area contributed by atoms with Crippen LogP contribution in [0.3, 0.4) is 0 Å². The second-order valence-electron chi connectivity index (χ2n) is 5.06. The molecule has 0 atom stereocenters. The predicted molar refractivity (Wildman–Crippen MR) is 81.6 cm³/mol. The molecule has 112 valence electrons. The highest BCUT2D eigenvalue weighted by Crippen LogP contribution is 2.39. The molecule has 0 bridgehead atoms. The second kappa shape index (κ2) is 5.57. The minimum atomic E-state index is -0.00967. The molecule has 1 aliphatic rings. The molecule has 2 aromatic rings. The van der Waals surface area contributed by atoms with Gasteiger partial charge in [-0.1, -0.05) is 0 Å². The van der Waals surface area contributed by atoms with Crippen LogP contribution in [-0.2, 0) is 29.4 Å². The van der Waals surface area contributed by atoms with Crippen LogP contribution in [0.2, 0.25) is 0 Å². The summed E-state index contributed by atoms with van der Waals surface area (Å²) >= 11 is 1.60. The van der Waals surface area contributed by atoms with Crippen LogP contribution in [0.4, 0.5) is 5.13 Å². The average Bonchev–Trinajstić information content (AvgIpc) is 3.02. The highest BCUT2D eigenvalue weighted by molar-refractivity contribution is 7.16. The van der Waals surface area contributed by atoms with Crippen molar-refractivity contribution in [3.8, 4) is 11.3 Å². The normalized spacial score (nSPS) is 12.9. The predicted octanol–water partition coefficient (Wildman–Crippen LogP) is 1.64. The summed E-state index contributed by atoms with van der Waals surface area (Å²) in [6, 6.07) is 0. The molecule has 0 radical (unpaired) electrons. The number of aromatic nitrogens is 3. The number of aryl methyl sites for hydroxylation is 2. The van der Waals surface area contributed by atoms with Gasteiger partial charge in [-0.3, -0.25) is 14.4 Å². The van der Waals surface area contributed by atoms with E-state index in [0.29, 0.717) is 13.2 Å². The van der Waals surface area contributed by atoms with Crippen molar-refractivity contribution < 1.29 is 9.53 Å². The van der Waals surface area contributed by atoms with E-state index in [2.05, 4.69) is 5.10 Å². The quantitative estimate of drug-likeness (QED) is 0.861. The first-order chi connectivity index (χ1) is 10.1. The van der Waals surface area contributed by atoms with Crippen LogP contribution in [0.1, 0.15) is 17.5 Å². The van der Waals surface area contributed by atoms with Crippen LogP contribution in [0.25, 0.3) is 11.3 Å². The first kappa shape index (κ1) is 14.2. The number of hydrogen-bond acceptors (Lipinski definition) is 5. The van der Waals surface area contributed by atoms with Gasteiger partial charge in [0.25, 0.3) is 0 Å². The Morgan fingerprint density at radius 1 is 1.52 bits per heavy atom. The summed E-state index contributed by atoms with van der Waals surface area (Å²) in [6.07, 6.45) is 3.79. The summed E-state index contributed by atoms with van der Waals surface area (Å²) in [5.74, 6) is -0.00967. The van der Waals surface area contributed by atoms with E-state index in [4.69, 9.17) is 9.72 Å². The van der Waals surface area contributed by atoms with Crippen LogP contribution >= 0.6 is 11.3 Å². The monoisotopic (exact) mass is 306 g/mol. The molecule has 2 heterocycles. The molecule has 2 aromatic heterocycles. The van der Waals surface area contributed by atoms with Crippen molar-refractivity contribution >= 4 is 22.4 Å². The third-order valence-corrected chi connectivity index (χ3v) is 4.86. The maximum Gasteiger partial charge on any atom is 0.225 e. The Hall–Kier alpha value is -1.73. The lowest BCUT2D eigenvalue weighted by Gasteiger charge is -2.16. The zero-order chi connectivity index (χ0) is 15.0. The topological polar surface area (TPSA) is 60.2 Å². The smallest absolute Gasteiger partial charge is 0.225 e. The van der Waals surface area contributed by atoms with Crippen molar-refractivity contribution in [2.24, 2.45) is 7.05 Å². The number of carbonyl (C=O) groups is 1. The fourth-order valence-corrected chi connectivity index (χ4v) is 3.74. The van der Waals surface area contributed by atoms with Gasteiger partial charge in [0.05, 0.1) is 25.0 Å². The minimum Gasteiger partial charge on any atom is -0.383 e. The first-order valence-corrected chi connectivity index (χ1v) is 7.71. The molecule has 0 fully saturated rings. The van der Waals surface area contributed by atoms with Gasteiger partial charge >= 0.3 is 0 Å². The van der Waals surface area contributed by atoms with Crippen LogP contribution in [0.5, 0.6) is 0 Å². The maximum atomic E-state index is 11.8. The van der Waals surface area contributed by atoms with Crippen molar-refractivity contribution in [2.75, 3.05) is 25.2 Å². The van der Waals surface area contributed by atoms with Gasteiger partial charge in [0.1, 0.15) is 0 Å². The molecule has 0 spiro atoms. The lowest BCUT2D eigenvalue weighted by atomic mass is 10.0. The third-order valence-electron chi connectivity index (χ3n) is 3.72. The van der Waals surface area contributed by atoms with Gasteiger partial charge in [-0.25, -0.2) is 4.98 Å². The molecular formula is C14H18N4O2S. The summed E-state index contributed by atoms with van der Waals surface area (Å²) in [4.78, 5) is 19.4. The molecule has 3 rings (SSSR count). The lowest BCUT2D eigenvalue weighted by Crippen LogP contribution is -2.31. The largest absolute Gasteiger partial charge is 0.383 e. The molecule has 0 aliphatic heterocycles. The molecule has 0 unspecified atom stereocenters. The number of methoxy groups -OCH3 is 1. The van der Waals surface area contributed by atoms with Crippen LogP contribution in [0.15, 0.2) is 6.20 Å². The van der Waals surface area contributed by atoms with E-state index >= 15 is 0 Å². The van der Waals surface area contributed by atoms with E-state index in [1.807, 2.05) is 17.9 Å². The molecule has 6 nitrogen and oxygen atoms in total. The third kappa shape index (κ3) is 2.47. The van der Waals surface area contributed by atoms with Gasteiger partial charge in [0.15, 0.2) is 5.13 Å². The zero-order valence-corrected chi connectivity index (χ0v) is 13.2. The van der Waals surface area contributed by atoms with Crippen molar-refractivity contribution in [1.29, 1.82) is 0 Å². The summed E-state index contributed by atoms with van der Waals surface area (Å²) in [6.45, 7) is 2.59. The number of thiazole rings is 1. The van der Waals surface area contributed by atoms with Crippen molar-refractivity contribution in [1.82, 2.24) is 14.8 Å². The molecule has 1 amide bonds. The van der Waals surface area contributed by atoms with Gasteiger partial charge in [-0.2, -0.15) is 5.10 Å². The van der Waals surface area contributed by atoms with E-state index in [0.717, 1.165) is 29.2 Å². The second-order valence-corrected chi connectivity index (χ2v) is 6.12. The summed E-state index contributed by atoms with van der Waals surface area (Å²) in [7, 11) is 3.59. The Labute approximate surface area is 127 Å². The molecule has 0 saturated carbocycles. The summed E-state index contributed by atoms with van der Waals surface area (Å²) in [5, 5.41) is 5.07. The Kier molecular flexibility index (Phi) is 3.77. The number of ether oxygens (including phenoxy) is 1. The van der Waals surface area contributed by atoms with Gasteiger partial charge in [-0.05, 0) is 12.8 Å². The number of rotatable bonds is 4. The van der Waals surface area contributed by atoms with Crippen LogP contribution in [0, 0.1) is 0 Å². The Morgan fingerprint density at radius 3 is 3.05 bits per heavy atom. The zero-order valence-electron chi connectivity index (χ0n) is 12.4.